The van der Waals surface area contributed by atoms with E-state index in [1.165, 1.54) is 0 Å². The minimum Gasteiger partial charge on any atom is -0.479 e. The summed E-state index contributed by atoms with van der Waals surface area (Å²) in [7, 11) is 0. The summed E-state index contributed by atoms with van der Waals surface area (Å²) in [6.07, 6.45) is -19.9. The largest absolute Gasteiger partial charge is 0.479 e. The summed E-state index contributed by atoms with van der Waals surface area (Å²) >= 11 is 0. The van der Waals surface area contributed by atoms with Crippen molar-refractivity contribution in [2.24, 2.45) is 0 Å². The van der Waals surface area contributed by atoms with Gasteiger partial charge < -0.3 is 54.7 Å². The number of aliphatic hydroxyl groups excluding tert-OH is 5. The number of esters is 1. The first-order valence-corrected chi connectivity index (χ1v) is 7.95. The summed E-state index contributed by atoms with van der Waals surface area (Å²) in [5, 5.41) is 67.9. The number of hydrogen-bond acceptors (Lipinski definition) is 12. The lowest BCUT2D eigenvalue weighted by atomic mass is 9.96. The lowest BCUT2D eigenvalue weighted by Crippen LogP contribution is -2.65. The molecule has 7 N–H and O–H groups in total. The molecule has 14 nitrogen and oxygen atoms in total. The first-order chi connectivity index (χ1) is 13.0. The van der Waals surface area contributed by atoms with E-state index in [1.54, 1.807) is 0 Å². The predicted molar refractivity (Wildman–Crippen MR) is 79.3 cm³/mol. The molecule has 14 heteroatoms. The quantitative estimate of drug-likeness (QED) is 0.211. The van der Waals surface area contributed by atoms with E-state index in [4.69, 9.17) is 14.6 Å². The standard InChI is InChI=1S/C14H20O14/c1-2(15)25-8-3(16)4(17)14(28-10(8)12(22)23)27-7-5(18)9(11(20)21)26-13(24)6(7)19/h3-10,13-14,16-19,24H,1H3,(H,20,21)(H,22,23)/t3-,4-,5-,6-,7+,8-,9+,10+,13+,14+/m1/s1. The van der Waals surface area contributed by atoms with E-state index in [0.29, 0.717) is 0 Å². The molecular formula is C14H20O14. The molecule has 10 atom stereocenters. The molecule has 2 heterocycles. The molecule has 28 heavy (non-hydrogen) atoms. The highest BCUT2D eigenvalue weighted by atomic mass is 16.7. The normalized spacial score (nSPS) is 43.9. The number of aliphatic carboxylic acids is 2. The van der Waals surface area contributed by atoms with Gasteiger partial charge in [0.15, 0.2) is 30.9 Å². The van der Waals surface area contributed by atoms with Gasteiger partial charge in [-0.3, -0.25) is 4.79 Å². The minimum atomic E-state index is -2.09. The van der Waals surface area contributed by atoms with Crippen LogP contribution in [-0.2, 0) is 33.3 Å². The molecule has 0 aromatic rings. The molecule has 2 saturated heterocycles. The van der Waals surface area contributed by atoms with E-state index >= 15 is 0 Å². The molecule has 0 aromatic carbocycles. The highest BCUT2D eigenvalue weighted by Crippen LogP contribution is 2.30. The van der Waals surface area contributed by atoms with Gasteiger partial charge in [-0.25, -0.2) is 9.59 Å². The Morgan fingerprint density at radius 3 is 1.82 bits per heavy atom. The molecule has 160 valence electrons. The first kappa shape index (κ1) is 22.4. The molecule has 2 aliphatic heterocycles. The fourth-order valence-corrected chi connectivity index (χ4v) is 2.84. The molecule has 0 radical (unpaired) electrons. The lowest BCUT2D eigenvalue weighted by Gasteiger charge is -2.44. The van der Waals surface area contributed by atoms with E-state index in [1.807, 2.05) is 0 Å². The van der Waals surface area contributed by atoms with Crippen LogP contribution in [0.4, 0.5) is 0 Å². The Morgan fingerprint density at radius 2 is 1.32 bits per heavy atom. The first-order valence-electron chi connectivity index (χ1n) is 7.95. The van der Waals surface area contributed by atoms with E-state index in [0.717, 1.165) is 6.92 Å². The third-order valence-electron chi connectivity index (χ3n) is 4.19. The predicted octanol–water partition coefficient (Wildman–Crippen LogP) is -4.64. The molecular weight excluding hydrogens is 392 g/mol. The van der Waals surface area contributed by atoms with Crippen LogP contribution in [0.1, 0.15) is 6.92 Å². The van der Waals surface area contributed by atoms with Crippen molar-refractivity contribution in [1.29, 1.82) is 0 Å². The molecule has 0 aliphatic carbocycles. The van der Waals surface area contributed by atoms with Gasteiger partial charge in [-0.2, -0.15) is 0 Å². The van der Waals surface area contributed by atoms with Crippen LogP contribution in [-0.4, -0.2) is 115 Å². The van der Waals surface area contributed by atoms with Crippen LogP contribution in [0.2, 0.25) is 0 Å². The highest BCUT2D eigenvalue weighted by Gasteiger charge is 2.54. The third-order valence-corrected chi connectivity index (χ3v) is 4.19. The molecule has 0 aromatic heterocycles. The Kier molecular flexibility index (Phi) is 6.89. The Labute approximate surface area is 156 Å². The maximum atomic E-state index is 11.4. The maximum Gasteiger partial charge on any atom is 0.336 e. The third kappa shape index (κ3) is 4.39. The van der Waals surface area contributed by atoms with Gasteiger partial charge in [0.25, 0.3) is 0 Å². The smallest absolute Gasteiger partial charge is 0.336 e. The summed E-state index contributed by atoms with van der Waals surface area (Å²) < 4.78 is 19.2. The van der Waals surface area contributed by atoms with Crippen LogP contribution in [0.5, 0.6) is 0 Å². The zero-order chi connectivity index (χ0) is 21.3. The van der Waals surface area contributed by atoms with Gasteiger partial charge in [-0.05, 0) is 0 Å². The molecule has 0 amide bonds. The van der Waals surface area contributed by atoms with Crippen LogP contribution >= 0.6 is 0 Å². The van der Waals surface area contributed by atoms with Crippen molar-refractivity contribution in [2.45, 2.75) is 68.3 Å². The van der Waals surface area contributed by atoms with Crippen molar-refractivity contribution in [1.82, 2.24) is 0 Å². The molecule has 0 unspecified atom stereocenters. The van der Waals surface area contributed by atoms with Crippen molar-refractivity contribution in [3.8, 4) is 0 Å². The zero-order valence-corrected chi connectivity index (χ0v) is 14.3. The van der Waals surface area contributed by atoms with Crippen LogP contribution in [0.15, 0.2) is 0 Å². The SMILES string of the molecule is CC(=O)O[C@@H]1[C@H](O)[C@@H](O)[C@@H](O[C@H]2[C@@H](O)[C@@H](C(=O)O)O[C@H](O)[C@@H]2O)O[C@@H]1C(=O)O. The Bertz CT molecular complexity index is 609. The van der Waals surface area contributed by atoms with Gasteiger partial charge in [-0.15, -0.1) is 0 Å². The van der Waals surface area contributed by atoms with Gasteiger partial charge in [0.1, 0.15) is 30.5 Å². The fraction of sp³-hybridized carbons (Fsp3) is 0.786. The van der Waals surface area contributed by atoms with E-state index in [-0.39, 0.29) is 0 Å². The number of carbonyl (C=O) groups is 3. The summed E-state index contributed by atoms with van der Waals surface area (Å²) in [5.41, 5.74) is 0. The van der Waals surface area contributed by atoms with Gasteiger partial charge >= 0.3 is 17.9 Å². The van der Waals surface area contributed by atoms with Crippen LogP contribution in [0.3, 0.4) is 0 Å². The average Bonchev–Trinajstić information content (AvgIpc) is 2.59. The minimum absolute atomic E-state index is 0.933. The zero-order valence-electron chi connectivity index (χ0n) is 14.3. The number of hydrogen-bond donors (Lipinski definition) is 7. The lowest BCUT2D eigenvalue weighted by molar-refractivity contribution is -0.348. The molecule has 0 bridgehead atoms. The highest BCUT2D eigenvalue weighted by molar-refractivity contribution is 5.75. The average molecular weight is 412 g/mol. The fourth-order valence-electron chi connectivity index (χ4n) is 2.84. The topological polar surface area (TPSA) is 230 Å². The number of carbonyl (C=O) groups excluding carboxylic acids is 1. The Hall–Kier alpha value is -1.91. The van der Waals surface area contributed by atoms with E-state index in [9.17, 15) is 45.0 Å². The van der Waals surface area contributed by atoms with Gasteiger partial charge in [-0.1, -0.05) is 0 Å². The van der Waals surface area contributed by atoms with Gasteiger partial charge in [0, 0.05) is 6.92 Å². The molecule has 2 aliphatic rings. The second-order valence-corrected chi connectivity index (χ2v) is 6.19. The maximum absolute atomic E-state index is 11.4. The number of carboxylic acids is 2. The second-order valence-electron chi connectivity index (χ2n) is 6.19. The van der Waals surface area contributed by atoms with Crippen molar-refractivity contribution in [3.63, 3.8) is 0 Å². The van der Waals surface area contributed by atoms with Crippen molar-refractivity contribution >= 4 is 17.9 Å². The van der Waals surface area contributed by atoms with Gasteiger partial charge in [0.05, 0.1) is 0 Å². The summed E-state index contributed by atoms with van der Waals surface area (Å²) in [5.74, 6) is -4.36. The van der Waals surface area contributed by atoms with Crippen molar-refractivity contribution in [3.05, 3.63) is 0 Å². The van der Waals surface area contributed by atoms with E-state index < -0.39 is 79.3 Å². The number of aliphatic hydroxyl groups is 5. The van der Waals surface area contributed by atoms with Crippen molar-refractivity contribution in [2.75, 3.05) is 0 Å². The summed E-state index contributed by atoms with van der Waals surface area (Å²) in [6.45, 7) is 0.933. The van der Waals surface area contributed by atoms with Crippen LogP contribution in [0.25, 0.3) is 0 Å². The molecule has 2 fully saturated rings. The number of carboxylic acid groups (broad SMARTS) is 2. The van der Waals surface area contributed by atoms with Crippen LogP contribution < -0.4 is 0 Å². The van der Waals surface area contributed by atoms with E-state index in [2.05, 4.69) is 9.47 Å². The number of ether oxygens (including phenoxy) is 4. The summed E-state index contributed by atoms with van der Waals surface area (Å²) in [4.78, 5) is 33.5. The Balaban J connectivity index is 2.23. The second kappa shape index (κ2) is 8.62. The van der Waals surface area contributed by atoms with Gasteiger partial charge in [0.2, 0.25) is 0 Å². The Morgan fingerprint density at radius 1 is 0.750 bits per heavy atom. The van der Waals surface area contributed by atoms with Crippen LogP contribution in [0, 0.1) is 0 Å². The van der Waals surface area contributed by atoms with Crippen molar-refractivity contribution < 1.29 is 69.1 Å². The number of rotatable bonds is 5. The molecule has 2 rings (SSSR count). The summed E-state index contributed by atoms with van der Waals surface area (Å²) in [6, 6.07) is 0. The molecule has 0 saturated carbocycles. The monoisotopic (exact) mass is 412 g/mol. The molecule has 0 spiro atoms.